The number of halogens is 1. The van der Waals surface area contributed by atoms with Crippen LogP contribution in [0.4, 0.5) is 0 Å². The highest BCUT2D eigenvalue weighted by Crippen LogP contribution is 2.31. The zero-order valence-corrected chi connectivity index (χ0v) is 14.0. The summed E-state index contributed by atoms with van der Waals surface area (Å²) in [5.74, 6) is 8.34. The predicted octanol–water partition coefficient (Wildman–Crippen LogP) is 6.47. The first-order valence-electron chi connectivity index (χ1n) is 8.55. The quantitative estimate of drug-likeness (QED) is 0.432. The molecule has 1 heteroatoms. The minimum absolute atomic E-state index is 0.604. The molecule has 0 aromatic heterocycles. The van der Waals surface area contributed by atoms with Gasteiger partial charge in [0.25, 0.3) is 0 Å². The van der Waals surface area contributed by atoms with Crippen molar-refractivity contribution in [3.63, 3.8) is 0 Å². The third-order valence-electron chi connectivity index (χ3n) is 4.58. The molecule has 0 amide bonds. The van der Waals surface area contributed by atoms with Gasteiger partial charge in [-0.15, -0.1) is 0 Å². The highest BCUT2D eigenvalue weighted by atomic mass is 35.5. The second kappa shape index (κ2) is 9.16. The van der Waals surface area contributed by atoms with Crippen molar-refractivity contribution in [2.24, 2.45) is 11.8 Å². The lowest BCUT2D eigenvalue weighted by atomic mass is 9.80. The Bertz CT molecular complexity index is 455. The Morgan fingerprint density at radius 1 is 1.00 bits per heavy atom. The summed E-state index contributed by atoms with van der Waals surface area (Å²) >= 11 is 5.89. The largest absolute Gasteiger partial charge is 0.0945 e. The molecule has 0 nitrogen and oxygen atoms in total. The molecule has 1 saturated carbocycles. The third-order valence-corrected chi connectivity index (χ3v) is 4.83. The van der Waals surface area contributed by atoms with Gasteiger partial charge in [-0.05, 0) is 55.9 Å². The van der Waals surface area contributed by atoms with Crippen molar-refractivity contribution in [1.29, 1.82) is 0 Å². The van der Waals surface area contributed by atoms with Gasteiger partial charge in [0.15, 0.2) is 0 Å². The maximum Gasteiger partial charge on any atom is 0.0406 e. The number of unbranched alkanes of at least 4 members (excludes halogenated alkanes) is 3. The average Bonchev–Trinajstić information content (AvgIpc) is 2.52. The standard InChI is InChI=1S/C20H27Cl/c1-2-3-4-5-6-17-7-9-18(10-8-17)11-12-19-13-15-20(21)16-14-19/h13-18H,2-10H2,1H3/t17-,18-. The van der Waals surface area contributed by atoms with Crippen molar-refractivity contribution < 1.29 is 0 Å². The Labute approximate surface area is 135 Å². The van der Waals surface area contributed by atoms with Crippen molar-refractivity contribution in [3.8, 4) is 11.8 Å². The Morgan fingerprint density at radius 2 is 1.71 bits per heavy atom. The van der Waals surface area contributed by atoms with Gasteiger partial charge < -0.3 is 0 Å². The van der Waals surface area contributed by atoms with E-state index >= 15 is 0 Å². The zero-order valence-electron chi connectivity index (χ0n) is 13.2. The summed E-state index contributed by atoms with van der Waals surface area (Å²) in [7, 11) is 0. The molecule has 2 rings (SSSR count). The lowest BCUT2D eigenvalue weighted by Crippen LogP contribution is -2.13. The molecule has 0 aliphatic heterocycles. The summed E-state index contributed by atoms with van der Waals surface area (Å²) in [6, 6.07) is 7.85. The Hall–Kier alpha value is -0.930. The first kappa shape index (κ1) is 16.4. The van der Waals surface area contributed by atoms with E-state index in [1.165, 1.54) is 57.8 Å². The number of benzene rings is 1. The zero-order chi connectivity index (χ0) is 14.9. The van der Waals surface area contributed by atoms with E-state index in [-0.39, 0.29) is 0 Å². The molecule has 1 aromatic carbocycles. The molecule has 0 unspecified atom stereocenters. The van der Waals surface area contributed by atoms with E-state index in [4.69, 9.17) is 11.6 Å². The summed E-state index contributed by atoms with van der Waals surface area (Å²) in [5.41, 5.74) is 1.08. The fraction of sp³-hybridized carbons (Fsp3) is 0.600. The van der Waals surface area contributed by atoms with Crippen LogP contribution in [0.5, 0.6) is 0 Å². The van der Waals surface area contributed by atoms with Crippen LogP contribution in [-0.4, -0.2) is 0 Å². The second-order valence-corrected chi connectivity index (χ2v) is 6.78. The highest BCUT2D eigenvalue weighted by Gasteiger charge is 2.19. The summed E-state index contributed by atoms with van der Waals surface area (Å²) in [6.45, 7) is 2.28. The summed E-state index contributed by atoms with van der Waals surface area (Å²) < 4.78 is 0. The molecule has 0 bridgehead atoms. The van der Waals surface area contributed by atoms with E-state index in [9.17, 15) is 0 Å². The monoisotopic (exact) mass is 302 g/mol. The SMILES string of the molecule is CCCCCC[C@H]1CC[C@H](C#Cc2ccc(Cl)cc2)CC1. The lowest BCUT2D eigenvalue weighted by molar-refractivity contribution is 0.294. The first-order chi connectivity index (χ1) is 10.3. The molecule has 0 heterocycles. The van der Waals surface area contributed by atoms with Crippen molar-refractivity contribution >= 4 is 11.6 Å². The van der Waals surface area contributed by atoms with Gasteiger partial charge >= 0.3 is 0 Å². The minimum atomic E-state index is 0.604. The van der Waals surface area contributed by atoms with Crippen LogP contribution in [0.25, 0.3) is 0 Å². The summed E-state index contributed by atoms with van der Waals surface area (Å²) in [6.07, 6.45) is 12.4. The molecule has 0 saturated heterocycles. The maximum atomic E-state index is 5.89. The van der Waals surface area contributed by atoms with Crippen LogP contribution in [0.3, 0.4) is 0 Å². The molecule has 0 spiro atoms. The number of hydrogen-bond acceptors (Lipinski definition) is 0. The van der Waals surface area contributed by atoms with Crippen LogP contribution in [0, 0.1) is 23.7 Å². The molecular formula is C20H27Cl. The molecule has 1 fully saturated rings. The van der Waals surface area contributed by atoms with Crippen LogP contribution in [0.15, 0.2) is 24.3 Å². The molecule has 1 aliphatic carbocycles. The van der Waals surface area contributed by atoms with E-state index in [0.717, 1.165) is 16.5 Å². The van der Waals surface area contributed by atoms with Crippen LogP contribution in [-0.2, 0) is 0 Å². The van der Waals surface area contributed by atoms with E-state index < -0.39 is 0 Å². The van der Waals surface area contributed by atoms with E-state index in [0.29, 0.717) is 5.92 Å². The molecule has 1 aromatic rings. The Kier molecular flexibility index (Phi) is 7.17. The fourth-order valence-electron chi connectivity index (χ4n) is 3.17. The number of hydrogen-bond donors (Lipinski definition) is 0. The predicted molar refractivity (Wildman–Crippen MR) is 92.5 cm³/mol. The Morgan fingerprint density at radius 3 is 2.38 bits per heavy atom. The molecule has 0 radical (unpaired) electrons. The van der Waals surface area contributed by atoms with Crippen molar-refractivity contribution in [1.82, 2.24) is 0 Å². The highest BCUT2D eigenvalue weighted by molar-refractivity contribution is 6.30. The van der Waals surface area contributed by atoms with Gasteiger partial charge in [-0.1, -0.05) is 62.5 Å². The third kappa shape index (κ3) is 6.15. The molecule has 21 heavy (non-hydrogen) atoms. The summed E-state index contributed by atoms with van der Waals surface area (Å²) in [4.78, 5) is 0. The molecule has 0 N–H and O–H groups in total. The van der Waals surface area contributed by atoms with Crippen LogP contribution < -0.4 is 0 Å². The van der Waals surface area contributed by atoms with Gasteiger partial charge in [0.2, 0.25) is 0 Å². The fourth-order valence-corrected chi connectivity index (χ4v) is 3.30. The van der Waals surface area contributed by atoms with Crippen LogP contribution in [0.2, 0.25) is 5.02 Å². The summed E-state index contributed by atoms with van der Waals surface area (Å²) in [5, 5.41) is 0.782. The smallest absolute Gasteiger partial charge is 0.0406 e. The van der Waals surface area contributed by atoms with Gasteiger partial charge in [-0.3, -0.25) is 0 Å². The van der Waals surface area contributed by atoms with Crippen molar-refractivity contribution in [3.05, 3.63) is 34.9 Å². The minimum Gasteiger partial charge on any atom is -0.0945 e. The molecule has 0 atom stereocenters. The second-order valence-electron chi connectivity index (χ2n) is 6.34. The molecule has 114 valence electrons. The topological polar surface area (TPSA) is 0 Å². The van der Waals surface area contributed by atoms with Crippen LogP contribution in [0.1, 0.15) is 70.3 Å². The molecular weight excluding hydrogens is 276 g/mol. The first-order valence-corrected chi connectivity index (χ1v) is 8.93. The Balaban J connectivity index is 1.70. The number of rotatable bonds is 5. The van der Waals surface area contributed by atoms with E-state index in [2.05, 4.69) is 18.8 Å². The van der Waals surface area contributed by atoms with Crippen LogP contribution >= 0.6 is 11.6 Å². The van der Waals surface area contributed by atoms with E-state index in [1.807, 2.05) is 24.3 Å². The lowest BCUT2D eigenvalue weighted by Gasteiger charge is -2.25. The van der Waals surface area contributed by atoms with Crippen molar-refractivity contribution in [2.75, 3.05) is 0 Å². The van der Waals surface area contributed by atoms with Gasteiger partial charge in [-0.25, -0.2) is 0 Å². The van der Waals surface area contributed by atoms with Gasteiger partial charge in [0.05, 0.1) is 0 Å². The normalized spacial score (nSPS) is 21.6. The van der Waals surface area contributed by atoms with Gasteiger partial charge in [-0.2, -0.15) is 0 Å². The average molecular weight is 303 g/mol. The molecule has 1 aliphatic rings. The maximum absolute atomic E-state index is 5.89. The van der Waals surface area contributed by atoms with Crippen molar-refractivity contribution in [2.45, 2.75) is 64.7 Å². The van der Waals surface area contributed by atoms with E-state index in [1.54, 1.807) is 0 Å². The van der Waals surface area contributed by atoms with Gasteiger partial charge in [0.1, 0.15) is 0 Å². The van der Waals surface area contributed by atoms with Gasteiger partial charge in [0, 0.05) is 16.5 Å².